The van der Waals surface area contributed by atoms with E-state index in [1.54, 1.807) is 12.1 Å². The lowest BCUT2D eigenvalue weighted by Crippen LogP contribution is -2.25. The smallest absolute Gasteiger partial charge is 0.271 e. The van der Waals surface area contributed by atoms with Crippen molar-refractivity contribution in [1.29, 1.82) is 0 Å². The molecule has 0 atom stereocenters. The molecule has 138 valence electrons. The largest absolute Gasteiger partial charge is 0.356 e. The number of hydrogen-bond acceptors (Lipinski definition) is 6. The third-order valence-electron chi connectivity index (χ3n) is 4.80. The molecule has 1 aromatic heterocycles. The number of nitrogens with zero attached hydrogens (tertiary/aromatic N) is 4. The van der Waals surface area contributed by atoms with Gasteiger partial charge in [-0.3, -0.25) is 10.1 Å². The minimum absolute atomic E-state index is 0.0357. The number of rotatable bonds is 4. The van der Waals surface area contributed by atoms with Gasteiger partial charge in [-0.15, -0.1) is 0 Å². The van der Waals surface area contributed by atoms with Gasteiger partial charge in [0.25, 0.3) is 5.69 Å². The van der Waals surface area contributed by atoms with E-state index in [9.17, 15) is 10.1 Å². The van der Waals surface area contributed by atoms with Crippen LogP contribution < -0.4 is 10.2 Å². The average Bonchev–Trinajstić information content (AvgIpc) is 2.97. The number of non-ortho nitro benzene ring substituents is 1. The lowest BCUT2D eigenvalue weighted by molar-refractivity contribution is -0.384. The monoisotopic (exact) mass is 363 g/mol. The summed E-state index contributed by atoms with van der Waals surface area (Å²) in [4.78, 5) is 22.3. The number of aromatic nitrogens is 2. The Kier molecular flexibility index (Phi) is 4.82. The maximum atomic E-state index is 11.0. The van der Waals surface area contributed by atoms with E-state index in [0.717, 1.165) is 42.7 Å². The molecule has 0 amide bonds. The molecule has 4 rings (SSSR count). The third-order valence-corrected chi connectivity index (χ3v) is 4.80. The molecule has 3 aromatic rings. The van der Waals surface area contributed by atoms with E-state index in [0.29, 0.717) is 11.6 Å². The molecule has 1 N–H and O–H groups in total. The van der Waals surface area contributed by atoms with Crippen LogP contribution in [0.1, 0.15) is 25.7 Å². The summed E-state index contributed by atoms with van der Waals surface area (Å²) in [6.45, 7) is 1.97. The van der Waals surface area contributed by atoms with Crippen LogP contribution in [0.2, 0.25) is 0 Å². The van der Waals surface area contributed by atoms with Gasteiger partial charge in [-0.2, -0.15) is 4.98 Å². The second-order valence-electron chi connectivity index (χ2n) is 6.72. The molecule has 0 bridgehead atoms. The Morgan fingerprint density at radius 1 is 0.963 bits per heavy atom. The number of anilines is 3. The Bertz CT molecular complexity index is 967. The minimum atomic E-state index is -0.408. The zero-order chi connectivity index (χ0) is 18.6. The number of nitrogens with one attached hydrogen (secondary N) is 1. The average molecular weight is 363 g/mol. The predicted molar refractivity (Wildman–Crippen MR) is 107 cm³/mol. The third kappa shape index (κ3) is 3.81. The summed E-state index contributed by atoms with van der Waals surface area (Å²) in [5.74, 6) is 1.38. The van der Waals surface area contributed by atoms with Crippen LogP contribution >= 0.6 is 0 Å². The minimum Gasteiger partial charge on any atom is -0.356 e. The molecular formula is C20H21N5O2. The highest BCUT2D eigenvalue weighted by Crippen LogP contribution is 2.29. The van der Waals surface area contributed by atoms with Crippen molar-refractivity contribution < 1.29 is 4.92 Å². The Morgan fingerprint density at radius 2 is 1.74 bits per heavy atom. The van der Waals surface area contributed by atoms with Crippen molar-refractivity contribution in [1.82, 2.24) is 9.97 Å². The number of nitro groups is 1. The molecule has 1 fully saturated rings. The van der Waals surface area contributed by atoms with Gasteiger partial charge >= 0.3 is 0 Å². The van der Waals surface area contributed by atoms with E-state index in [1.807, 2.05) is 24.3 Å². The van der Waals surface area contributed by atoms with E-state index in [4.69, 9.17) is 4.98 Å². The van der Waals surface area contributed by atoms with Crippen LogP contribution in [0.25, 0.3) is 10.9 Å². The van der Waals surface area contributed by atoms with Gasteiger partial charge in [0.05, 0.1) is 10.4 Å². The van der Waals surface area contributed by atoms with Gasteiger partial charge in [-0.1, -0.05) is 31.0 Å². The van der Waals surface area contributed by atoms with Crippen molar-refractivity contribution >= 4 is 34.0 Å². The summed E-state index contributed by atoms with van der Waals surface area (Å²) in [5.41, 5.74) is 1.49. The van der Waals surface area contributed by atoms with Crippen molar-refractivity contribution in [3.8, 4) is 0 Å². The maximum absolute atomic E-state index is 11.0. The molecule has 1 aliphatic rings. The van der Waals surface area contributed by atoms with E-state index in [-0.39, 0.29) is 5.69 Å². The first-order valence-electron chi connectivity index (χ1n) is 9.24. The number of benzene rings is 2. The Balaban J connectivity index is 1.73. The lowest BCUT2D eigenvalue weighted by Gasteiger charge is -2.23. The number of nitro benzene ring substituents is 1. The fourth-order valence-corrected chi connectivity index (χ4v) is 3.47. The van der Waals surface area contributed by atoms with Gasteiger partial charge in [0.15, 0.2) is 0 Å². The van der Waals surface area contributed by atoms with Gasteiger partial charge in [-0.25, -0.2) is 4.98 Å². The molecule has 1 saturated heterocycles. The fourth-order valence-electron chi connectivity index (χ4n) is 3.47. The van der Waals surface area contributed by atoms with Crippen LogP contribution in [-0.2, 0) is 0 Å². The highest BCUT2D eigenvalue weighted by Gasteiger charge is 2.16. The summed E-state index contributed by atoms with van der Waals surface area (Å²) >= 11 is 0. The highest BCUT2D eigenvalue weighted by atomic mass is 16.6. The van der Waals surface area contributed by atoms with Crippen LogP contribution in [-0.4, -0.2) is 28.0 Å². The molecule has 0 aliphatic carbocycles. The SMILES string of the molecule is O=[N+]([O-])c1cccc(Nc2nc(N3CCCCCC3)c3ccccc3n2)c1. The molecule has 0 unspecified atom stereocenters. The Hall–Kier alpha value is -3.22. The van der Waals surface area contributed by atoms with Gasteiger partial charge in [0.1, 0.15) is 5.82 Å². The summed E-state index contributed by atoms with van der Waals surface area (Å²) in [6.07, 6.45) is 4.81. The summed E-state index contributed by atoms with van der Waals surface area (Å²) in [6, 6.07) is 14.4. The number of para-hydroxylation sites is 1. The maximum Gasteiger partial charge on any atom is 0.271 e. The second-order valence-corrected chi connectivity index (χ2v) is 6.72. The lowest BCUT2D eigenvalue weighted by atomic mass is 10.2. The molecule has 1 aliphatic heterocycles. The summed E-state index contributed by atoms with van der Waals surface area (Å²) < 4.78 is 0. The predicted octanol–water partition coefficient (Wildman–Crippen LogP) is 4.66. The summed E-state index contributed by atoms with van der Waals surface area (Å²) in [5, 5.41) is 15.2. The Morgan fingerprint density at radius 3 is 2.52 bits per heavy atom. The molecule has 2 heterocycles. The van der Waals surface area contributed by atoms with Gasteiger partial charge in [0.2, 0.25) is 5.95 Å². The molecular weight excluding hydrogens is 342 g/mol. The highest BCUT2D eigenvalue weighted by molar-refractivity contribution is 5.90. The van der Waals surface area contributed by atoms with Crippen molar-refractivity contribution in [3.05, 3.63) is 58.6 Å². The van der Waals surface area contributed by atoms with E-state index < -0.39 is 4.92 Å². The summed E-state index contributed by atoms with van der Waals surface area (Å²) in [7, 11) is 0. The zero-order valence-electron chi connectivity index (χ0n) is 15.0. The molecule has 0 saturated carbocycles. The zero-order valence-corrected chi connectivity index (χ0v) is 15.0. The number of fused-ring (bicyclic) bond motifs is 1. The van der Waals surface area contributed by atoms with Crippen LogP contribution in [0, 0.1) is 10.1 Å². The molecule has 2 aromatic carbocycles. The molecule has 0 radical (unpaired) electrons. The first-order valence-corrected chi connectivity index (χ1v) is 9.24. The van der Waals surface area contributed by atoms with Crippen LogP contribution in [0.3, 0.4) is 0 Å². The van der Waals surface area contributed by atoms with Gasteiger partial charge in [0, 0.05) is 36.3 Å². The van der Waals surface area contributed by atoms with Crippen molar-refractivity contribution in [2.75, 3.05) is 23.3 Å². The Labute approximate surface area is 157 Å². The van der Waals surface area contributed by atoms with E-state index >= 15 is 0 Å². The van der Waals surface area contributed by atoms with Crippen LogP contribution in [0.4, 0.5) is 23.1 Å². The van der Waals surface area contributed by atoms with Crippen molar-refractivity contribution in [2.45, 2.75) is 25.7 Å². The van der Waals surface area contributed by atoms with E-state index in [1.165, 1.54) is 25.0 Å². The molecule has 7 heteroatoms. The fraction of sp³-hybridized carbons (Fsp3) is 0.300. The topological polar surface area (TPSA) is 84.2 Å². The van der Waals surface area contributed by atoms with Crippen LogP contribution in [0.15, 0.2) is 48.5 Å². The first kappa shape index (κ1) is 17.2. The standard InChI is InChI=1S/C20H21N5O2/c26-25(27)16-9-7-8-15(14-16)21-20-22-18-11-4-3-10-17(18)19(23-20)24-12-5-1-2-6-13-24/h3-4,7-11,14H,1-2,5-6,12-13H2,(H,21,22,23). The molecule has 0 spiro atoms. The van der Waals surface area contributed by atoms with Gasteiger partial charge < -0.3 is 10.2 Å². The van der Waals surface area contributed by atoms with Crippen molar-refractivity contribution in [2.24, 2.45) is 0 Å². The van der Waals surface area contributed by atoms with Crippen LogP contribution in [0.5, 0.6) is 0 Å². The number of hydrogen-bond donors (Lipinski definition) is 1. The normalized spacial score (nSPS) is 14.7. The van der Waals surface area contributed by atoms with E-state index in [2.05, 4.69) is 15.2 Å². The molecule has 27 heavy (non-hydrogen) atoms. The second kappa shape index (κ2) is 7.57. The first-order chi connectivity index (χ1) is 13.2. The van der Waals surface area contributed by atoms with Gasteiger partial charge in [-0.05, 0) is 31.0 Å². The quantitative estimate of drug-likeness (QED) is 0.536. The molecule has 7 nitrogen and oxygen atoms in total. The van der Waals surface area contributed by atoms with Crippen molar-refractivity contribution in [3.63, 3.8) is 0 Å².